The summed E-state index contributed by atoms with van der Waals surface area (Å²) in [5.41, 5.74) is 1.92. The molecular weight excluding hydrogens is 222 g/mol. The number of halogens is 1. The molecule has 82 valence electrons. The number of alkyl halides is 1. The fraction of sp³-hybridized carbons (Fsp3) is 0.154. The Bertz CT molecular complexity index is 471. The maximum atomic E-state index is 5.79. The number of ether oxygens (including phenoxy) is 1. The second-order valence-corrected chi connectivity index (χ2v) is 3.77. The second kappa shape index (κ2) is 4.99. The van der Waals surface area contributed by atoms with Crippen molar-refractivity contribution in [2.45, 2.75) is 12.8 Å². The van der Waals surface area contributed by atoms with Crippen LogP contribution in [0.2, 0.25) is 0 Å². The van der Waals surface area contributed by atoms with Crippen molar-refractivity contribution in [2.75, 3.05) is 0 Å². The van der Waals surface area contributed by atoms with Crippen LogP contribution in [-0.2, 0) is 5.88 Å². The maximum absolute atomic E-state index is 5.79. The van der Waals surface area contributed by atoms with Gasteiger partial charge in [-0.1, -0.05) is 18.2 Å². The van der Waals surface area contributed by atoms with E-state index in [1.54, 1.807) is 0 Å². The average Bonchev–Trinajstić information content (AvgIpc) is 2.29. The van der Waals surface area contributed by atoms with Gasteiger partial charge in [0.25, 0.3) is 0 Å². The van der Waals surface area contributed by atoms with Crippen LogP contribution in [-0.4, -0.2) is 4.98 Å². The van der Waals surface area contributed by atoms with E-state index in [-0.39, 0.29) is 0 Å². The summed E-state index contributed by atoms with van der Waals surface area (Å²) in [6, 6.07) is 13.4. The van der Waals surface area contributed by atoms with Crippen LogP contribution in [0.1, 0.15) is 11.3 Å². The fourth-order valence-electron chi connectivity index (χ4n) is 1.45. The molecule has 3 heteroatoms. The standard InChI is InChI=1S/C13H12ClNO/c1-10-7-11(9-14)8-13(15-10)16-12-5-3-2-4-6-12/h2-8H,9H2,1H3. The highest BCUT2D eigenvalue weighted by Gasteiger charge is 2.01. The number of hydrogen-bond donors (Lipinski definition) is 0. The molecule has 1 heterocycles. The molecule has 0 amide bonds. The third-order valence-electron chi connectivity index (χ3n) is 2.11. The third-order valence-corrected chi connectivity index (χ3v) is 2.42. The van der Waals surface area contributed by atoms with Gasteiger partial charge in [-0.3, -0.25) is 0 Å². The molecule has 0 aliphatic heterocycles. The van der Waals surface area contributed by atoms with E-state index in [1.807, 2.05) is 49.4 Å². The van der Waals surface area contributed by atoms with Crippen molar-refractivity contribution in [3.8, 4) is 11.6 Å². The Morgan fingerprint density at radius 2 is 1.94 bits per heavy atom. The lowest BCUT2D eigenvalue weighted by molar-refractivity contribution is 0.461. The number of nitrogens with zero attached hydrogens (tertiary/aromatic N) is 1. The molecule has 0 saturated heterocycles. The topological polar surface area (TPSA) is 22.1 Å². The zero-order valence-corrected chi connectivity index (χ0v) is 9.74. The van der Waals surface area contributed by atoms with Gasteiger partial charge in [0.15, 0.2) is 0 Å². The predicted molar refractivity (Wildman–Crippen MR) is 65.0 cm³/mol. The smallest absolute Gasteiger partial charge is 0.219 e. The van der Waals surface area contributed by atoms with Gasteiger partial charge in [-0.25, -0.2) is 4.98 Å². The Balaban J connectivity index is 2.24. The van der Waals surface area contributed by atoms with E-state index in [4.69, 9.17) is 16.3 Å². The molecule has 0 bridgehead atoms. The molecule has 2 rings (SSSR count). The van der Waals surface area contributed by atoms with E-state index in [2.05, 4.69) is 4.98 Å². The van der Waals surface area contributed by atoms with Crippen LogP contribution in [0, 0.1) is 6.92 Å². The first-order chi connectivity index (χ1) is 7.78. The number of para-hydroxylation sites is 1. The quantitative estimate of drug-likeness (QED) is 0.750. The van der Waals surface area contributed by atoms with Crippen LogP contribution in [0.4, 0.5) is 0 Å². The van der Waals surface area contributed by atoms with Gasteiger partial charge in [-0.05, 0) is 30.7 Å². The van der Waals surface area contributed by atoms with Crippen molar-refractivity contribution in [3.05, 3.63) is 53.7 Å². The minimum absolute atomic E-state index is 0.467. The van der Waals surface area contributed by atoms with E-state index in [1.165, 1.54) is 0 Å². The minimum atomic E-state index is 0.467. The highest BCUT2D eigenvalue weighted by atomic mass is 35.5. The molecular formula is C13H12ClNO. The van der Waals surface area contributed by atoms with E-state index >= 15 is 0 Å². The summed E-state index contributed by atoms with van der Waals surface area (Å²) < 4.78 is 5.63. The SMILES string of the molecule is Cc1cc(CCl)cc(Oc2ccccc2)n1. The minimum Gasteiger partial charge on any atom is -0.439 e. The summed E-state index contributed by atoms with van der Waals surface area (Å²) in [7, 11) is 0. The molecule has 1 aromatic carbocycles. The number of benzene rings is 1. The molecule has 0 spiro atoms. The normalized spacial score (nSPS) is 10.1. The summed E-state index contributed by atoms with van der Waals surface area (Å²) in [6.45, 7) is 1.92. The lowest BCUT2D eigenvalue weighted by atomic mass is 10.2. The number of aryl methyl sites for hydroxylation is 1. The van der Waals surface area contributed by atoms with Gasteiger partial charge in [-0.2, -0.15) is 0 Å². The Hall–Kier alpha value is -1.54. The molecule has 1 aromatic heterocycles. The Kier molecular flexibility index (Phi) is 3.42. The Morgan fingerprint density at radius 1 is 1.19 bits per heavy atom. The summed E-state index contributed by atoms with van der Waals surface area (Å²) >= 11 is 5.79. The van der Waals surface area contributed by atoms with Crippen molar-refractivity contribution in [1.82, 2.24) is 4.98 Å². The van der Waals surface area contributed by atoms with Crippen molar-refractivity contribution in [1.29, 1.82) is 0 Å². The molecule has 0 saturated carbocycles. The van der Waals surface area contributed by atoms with Crippen molar-refractivity contribution in [3.63, 3.8) is 0 Å². The monoisotopic (exact) mass is 233 g/mol. The molecule has 0 N–H and O–H groups in total. The van der Waals surface area contributed by atoms with Crippen LogP contribution in [0.15, 0.2) is 42.5 Å². The molecule has 0 unspecified atom stereocenters. The molecule has 0 fully saturated rings. The fourth-order valence-corrected chi connectivity index (χ4v) is 1.60. The molecule has 0 atom stereocenters. The van der Waals surface area contributed by atoms with Crippen molar-refractivity contribution < 1.29 is 4.74 Å². The zero-order valence-electron chi connectivity index (χ0n) is 8.98. The van der Waals surface area contributed by atoms with Gasteiger partial charge in [0.1, 0.15) is 5.75 Å². The number of rotatable bonds is 3. The van der Waals surface area contributed by atoms with Gasteiger partial charge in [0.05, 0.1) is 0 Å². The van der Waals surface area contributed by atoms with Gasteiger partial charge in [-0.15, -0.1) is 11.6 Å². The van der Waals surface area contributed by atoms with Gasteiger partial charge in [0.2, 0.25) is 5.88 Å². The Labute approximate surface area is 99.9 Å². The first-order valence-corrected chi connectivity index (χ1v) is 5.58. The largest absolute Gasteiger partial charge is 0.439 e. The Morgan fingerprint density at radius 3 is 2.62 bits per heavy atom. The first-order valence-electron chi connectivity index (χ1n) is 5.04. The van der Waals surface area contributed by atoms with Crippen LogP contribution >= 0.6 is 11.6 Å². The highest BCUT2D eigenvalue weighted by molar-refractivity contribution is 6.17. The number of hydrogen-bond acceptors (Lipinski definition) is 2. The third kappa shape index (κ3) is 2.74. The van der Waals surface area contributed by atoms with Crippen LogP contribution in [0.25, 0.3) is 0 Å². The van der Waals surface area contributed by atoms with E-state index < -0.39 is 0 Å². The van der Waals surface area contributed by atoms with Gasteiger partial charge in [0, 0.05) is 17.6 Å². The first kappa shape index (κ1) is 11.0. The molecule has 2 nitrogen and oxygen atoms in total. The van der Waals surface area contributed by atoms with Gasteiger partial charge < -0.3 is 4.74 Å². The van der Waals surface area contributed by atoms with E-state index in [0.29, 0.717) is 11.8 Å². The second-order valence-electron chi connectivity index (χ2n) is 3.50. The molecule has 0 aliphatic rings. The summed E-state index contributed by atoms with van der Waals surface area (Å²) in [4.78, 5) is 4.30. The molecule has 0 aliphatic carbocycles. The highest BCUT2D eigenvalue weighted by Crippen LogP contribution is 2.21. The van der Waals surface area contributed by atoms with E-state index in [0.717, 1.165) is 17.0 Å². The molecule has 0 radical (unpaired) electrons. The van der Waals surface area contributed by atoms with Gasteiger partial charge >= 0.3 is 0 Å². The lowest BCUT2D eigenvalue weighted by Crippen LogP contribution is -1.92. The summed E-state index contributed by atoms with van der Waals surface area (Å²) in [6.07, 6.45) is 0. The van der Waals surface area contributed by atoms with Crippen molar-refractivity contribution in [2.24, 2.45) is 0 Å². The predicted octanol–water partition coefficient (Wildman–Crippen LogP) is 3.92. The number of aromatic nitrogens is 1. The van der Waals surface area contributed by atoms with Crippen LogP contribution < -0.4 is 4.74 Å². The average molecular weight is 234 g/mol. The number of pyridine rings is 1. The van der Waals surface area contributed by atoms with E-state index in [9.17, 15) is 0 Å². The maximum Gasteiger partial charge on any atom is 0.219 e. The summed E-state index contributed by atoms with van der Waals surface area (Å²) in [5, 5.41) is 0. The lowest BCUT2D eigenvalue weighted by Gasteiger charge is -2.06. The molecule has 2 aromatic rings. The summed E-state index contributed by atoms with van der Waals surface area (Å²) in [5.74, 6) is 1.83. The zero-order chi connectivity index (χ0) is 11.4. The van der Waals surface area contributed by atoms with Crippen molar-refractivity contribution >= 4 is 11.6 Å². The van der Waals surface area contributed by atoms with Crippen LogP contribution in [0.3, 0.4) is 0 Å². The van der Waals surface area contributed by atoms with Crippen LogP contribution in [0.5, 0.6) is 11.6 Å². The molecule has 16 heavy (non-hydrogen) atoms.